The first kappa shape index (κ1) is 8.98. The average Bonchev–Trinajstić information content (AvgIpc) is 2.30. The van der Waals surface area contributed by atoms with Gasteiger partial charge in [0.05, 0.1) is 0 Å². The summed E-state index contributed by atoms with van der Waals surface area (Å²) in [7, 11) is 0. The Morgan fingerprint density at radius 3 is 2.50 bits per heavy atom. The summed E-state index contributed by atoms with van der Waals surface area (Å²) in [6.07, 6.45) is -3.91. The van der Waals surface area contributed by atoms with E-state index < -0.39 is 22.5 Å². The average molecular weight is 196 g/mol. The summed E-state index contributed by atoms with van der Waals surface area (Å²) in [5.74, 6) is 0. The minimum Gasteiger partial charge on any atom is -0.497 e. The molecular formula is C5H3F3N2OS. The Hall–Kier alpha value is -1.11. The quantitative estimate of drug-likeness (QED) is 0.671. The lowest BCUT2D eigenvalue weighted by molar-refractivity contribution is -0.137. The van der Waals surface area contributed by atoms with Gasteiger partial charge in [-0.3, -0.25) is 5.10 Å². The molecule has 0 unspecified atom stereocenters. The molecule has 1 aromatic heterocycles. The van der Waals surface area contributed by atoms with Crippen LogP contribution in [0.5, 0.6) is 0 Å². The summed E-state index contributed by atoms with van der Waals surface area (Å²) in [5.41, 5.74) is -1.70. The molecule has 0 amide bonds. The van der Waals surface area contributed by atoms with Crippen LogP contribution >= 0.6 is 12.2 Å². The highest BCUT2D eigenvalue weighted by atomic mass is 32.1. The molecule has 0 aromatic carbocycles. The Balaban J connectivity index is 3.17. The van der Waals surface area contributed by atoms with Crippen LogP contribution in [0.3, 0.4) is 0 Å². The standard InChI is InChI=1S/C5H3F3N2OS/c6-5(7,8)2-1-9-10-3(2)4(11)12/h1H,(H,9,10)(H,11,12). The van der Waals surface area contributed by atoms with Gasteiger partial charge in [0.2, 0.25) is 5.05 Å². The van der Waals surface area contributed by atoms with Crippen molar-refractivity contribution in [2.75, 3.05) is 0 Å². The number of hydrogen-bond donors (Lipinski definition) is 2. The first-order valence-electron chi connectivity index (χ1n) is 2.77. The number of nitrogens with one attached hydrogen (secondary N) is 1. The maximum atomic E-state index is 12.0. The van der Waals surface area contributed by atoms with Crippen molar-refractivity contribution in [2.45, 2.75) is 6.18 Å². The van der Waals surface area contributed by atoms with Crippen LogP contribution in [-0.2, 0) is 6.18 Å². The summed E-state index contributed by atoms with van der Waals surface area (Å²) < 4.78 is 36.0. The molecule has 1 aromatic rings. The van der Waals surface area contributed by atoms with Crippen LogP contribution in [0.2, 0.25) is 0 Å². The topological polar surface area (TPSA) is 48.9 Å². The Morgan fingerprint density at radius 1 is 1.58 bits per heavy atom. The van der Waals surface area contributed by atoms with Crippen LogP contribution in [0.25, 0.3) is 0 Å². The van der Waals surface area contributed by atoms with Gasteiger partial charge in [-0.05, 0) is 12.2 Å². The van der Waals surface area contributed by atoms with Gasteiger partial charge in [-0.25, -0.2) is 0 Å². The van der Waals surface area contributed by atoms with E-state index in [0.717, 1.165) is 0 Å². The van der Waals surface area contributed by atoms with Crippen molar-refractivity contribution in [1.29, 1.82) is 0 Å². The van der Waals surface area contributed by atoms with E-state index in [0.29, 0.717) is 6.20 Å². The second-order valence-corrected chi connectivity index (χ2v) is 2.34. The smallest absolute Gasteiger partial charge is 0.420 e. The van der Waals surface area contributed by atoms with Crippen molar-refractivity contribution >= 4 is 17.3 Å². The number of rotatable bonds is 1. The van der Waals surface area contributed by atoms with E-state index in [9.17, 15) is 13.2 Å². The molecule has 1 rings (SSSR count). The van der Waals surface area contributed by atoms with E-state index in [4.69, 9.17) is 5.11 Å². The van der Waals surface area contributed by atoms with Gasteiger partial charge in [-0.15, -0.1) is 0 Å². The van der Waals surface area contributed by atoms with E-state index in [1.54, 1.807) is 0 Å². The summed E-state index contributed by atoms with van der Waals surface area (Å²) >= 11 is 4.15. The van der Waals surface area contributed by atoms with Gasteiger partial charge < -0.3 is 5.11 Å². The lowest BCUT2D eigenvalue weighted by Gasteiger charge is -2.03. The Morgan fingerprint density at radius 2 is 2.17 bits per heavy atom. The molecule has 0 radical (unpaired) electrons. The van der Waals surface area contributed by atoms with E-state index in [-0.39, 0.29) is 0 Å². The zero-order valence-electron chi connectivity index (χ0n) is 5.51. The van der Waals surface area contributed by atoms with E-state index in [2.05, 4.69) is 17.3 Å². The normalized spacial score (nSPS) is 11.6. The lowest BCUT2D eigenvalue weighted by atomic mass is 10.2. The number of thiocarbonyl (C=S) groups is 1. The van der Waals surface area contributed by atoms with Crippen molar-refractivity contribution < 1.29 is 18.3 Å². The zero-order valence-corrected chi connectivity index (χ0v) is 6.33. The fourth-order valence-corrected chi connectivity index (χ4v) is 0.825. The van der Waals surface area contributed by atoms with Gasteiger partial charge in [0.25, 0.3) is 0 Å². The minimum absolute atomic E-state index is 0.637. The monoisotopic (exact) mass is 196 g/mol. The Kier molecular flexibility index (Phi) is 2.05. The third-order valence-corrected chi connectivity index (χ3v) is 1.34. The molecule has 0 aliphatic carbocycles. The molecule has 0 saturated carbocycles. The molecule has 3 nitrogen and oxygen atoms in total. The molecule has 0 bridgehead atoms. The van der Waals surface area contributed by atoms with Crippen LogP contribution in [0.1, 0.15) is 11.3 Å². The van der Waals surface area contributed by atoms with Crippen LogP contribution in [0, 0.1) is 0 Å². The van der Waals surface area contributed by atoms with E-state index >= 15 is 0 Å². The predicted molar refractivity (Wildman–Crippen MR) is 37.9 cm³/mol. The second kappa shape index (κ2) is 2.74. The zero-order chi connectivity index (χ0) is 9.35. The first-order valence-corrected chi connectivity index (χ1v) is 3.18. The Labute approximate surface area is 70.2 Å². The number of alkyl halides is 3. The summed E-state index contributed by atoms with van der Waals surface area (Å²) in [4.78, 5) is 0. The van der Waals surface area contributed by atoms with Crippen LogP contribution in [-0.4, -0.2) is 20.4 Å². The third-order valence-electron chi connectivity index (χ3n) is 1.15. The summed E-state index contributed by atoms with van der Waals surface area (Å²) in [5, 5.41) is 12.8. The number of aromatic amines is 1. The molecule has 66 valence electrons. The van der Waals surface area contributed by atoms with Gasteiger partial charge in [-0.2, -0.15) is 18.3 Å². The molecule has 0 atom stereocenters. The molecule has 7 heteroatoms. The van der Waals surface area contributed by atoms with Crippen molar-refractivity contribution in [3.63, 3.8) is 0 Å². The first-order chi connectivity index (χ1) is 5.43. The Bertz CT molecular complexity index is 306. The number of aliphatic hydroxyl groups excluding tert-OH is 1. The molecule has 0 spiro atoms. The number of H-pyrrole nitrogens is 1. The number of hydrogen-bond acceptors (Lipinski definition) is 2. The highest BCUT2D eigenvalue weighted by molar-refractivity contribution is 7.80. The molecule has 12 heavy (non-hydrogen) atoms. The fourth-order valence-electron chi connectivity index (χ4n) is 0.669. The molecule has 0 aliphatic rings. The summed E-state index contributed by atoms with van der Waals surface area (Å²) in [6, 6.07) is 0. The molecule has 2 N–H and O–H groups in total. The van der Waals surface area contributed by atoms with Gasteiger partial charge in [0.1, 0.15) is 5.56 Å². The second-order valence-electron chi connectivity index (χ2n) is 1.95. The fraction of sp³-hybridized carbons (Fsp3) is 0.200. The van der Waals surface area contributed by atoms with Crippen LogP contribution < -0.4 is 0 Å². The largest absolute Gasteiger partial charge is 0.497 e. The van der Waals surface area contributed by atoms with E-state index in [1.807, 2.05) is 5.10 Å². The molecular weight excluding hydrogens is 193 g/mol. The molecule has 0 fully saturated rings. The minimum atomic E-state index is -4.55. The summed E-state index contributed by atoms with van der Waals surface area (Å²) in [6.45, 7) is 0. The van der Waals surface area contributed by atoms with Gasteiger partial charge in [0.15, 0.2) is 5.69 Å². The predicted octanol–water partition coefficient (Wildman–Crippen LogP) is 1.66. The molecule has 1 heterocycles. The SMILES string of the molecule is OC(=S)c1n[nH]cc1C(F)(F)F. The molecule has 0 saturated heterocycles. The van der Waals surface area contributed by atoms with Gasteiger partial charge in [-0.1, -0.05) is 0 Å². The van der Waals surface area contributed by atoms with Crippen LogP contribution in [0.4, 0.5) is 13.2 Å². The lowest BCUT2D eigenvalue weighted by Crippen LogP contribution is -2.10. The van der Waals surface area contributed by atoms with Gasteiger partial charge >= 0.3 is 6.18 Å². The number of aliphatic hydroxyl groups is 1. The highest BCUT2D eigenvalue weighted by Crippen LogP contribution is 2.30. The van der Waals surface area contributed by atoms with Crippen molar-refractivity contribution in [3.05, 3.63) is 17.5 Å². The number of nitrogens with zero attached hydrogens (tertiary/aromatic N) is 1. The van der Waals surface area contributed by atoms with E-state index in [1.165, 1.54) is 0 Å². The van der Waals surface area contributed by atoms with Gasteiger partial charge in [0, 0.05) is 6.20 Å². The molecule has 0 aliphatic heterocycles. The number of halogens is 3. The number of aromatic nitrogens is 2. The van der Waals surface area contributed by atoms with Crippen molar-refractivity contribution in [3.8, 4) is 0 Å². The van der Waals surface area contributed by atoms with Crippen molar-refractivity contribution in [2.24, 2.45) is 0 Å². The van der Waals surface area contributed by atoms with Crippen molar-refractivity contribution in [1.82, 2.24) is 10.2 Å². The third kappa shape index (κ3) is 1.55. The maximum absolute atomic E-state index is 12.0. The highest BCUT2D eigenvalue weighted by Gasteiger charge is 2.36. The van der Waals surface area contributed by atoms with Crippen LogP contribution in [0.15, 0.2) is 6.20 Å². The maximum Gasteiger partial charge on any atom is 0.420 e.